The molecule has 4 amide bonds. The van der Waals surface area contributed by atoms with Gasteiger partial charge in [-0.2, -0.15) is 0 Å². The molecule has 1 aromatic carbocycles. The fourth-order valence-corrected chi connectivity index (χ4v) is 5.33. The van der Waals surface area contributed by atoms with Crippen LogP contribution in [0.4, 0.5) is 4.79 Å². The molecule has 9 heteroatoms. The number of hydrogen-bond donors (Lipinski definition) is 0. The highest BCUT2D eigenvalue weighted by molar-refractivity contribution is 6.06. The van der Waals surface area contributed by atoms with Crippen LogP contribution in [0.15, 0.2) is 42.5 Å². The molecule has 0 spiro atoms. The number of amides is 4. The maximum absolute atomic E-state index is 12.9. The normalized spacial score (nSPS) is 31.0. The van der Waals surface area contributed by atoms with E-state index in [4.69, 9.17) is 9.68 Å². The van der Waals surface area contributed by atoms with Gasteiger partial charge in [0.25, 0.3) is 11.8 Å². The van der Waals surface area contributed by atoms with Crippen LogP contribution in [0.5, 0.6) is 0 Å². The van der Waals surface area contributed by atoms with Gasteiger partial charge in [-0.3, -0.25) is 14.4 Å². The molecule has 168 valence electrons. The third-order valence-corrected chi connectivity index (χ3v) is 6.89. The van der Waals surface area contributed by atoms with Crippen LogP contribution < -0.4 is 0 Å². The summed E-state index contributed by atoms with van der Waals surface area (Å²) < 4.78 is 0. The Bertz CT molecular complexity index is 949. The van der Waals surface area contributed by atoms with E-state index < -0.39 is 41.7 Å². The van der Waals surface area contributed by atoms with Crippen molar-refractivity contribution in [2.75, 3.05) is 13.1 Å². The van der Waals surface area contributed by atoms with E-state index in [1.54, 1.807) is 6.92 Å². The summed E-state index contributed by atoms with van der Waals surface area (Å²) in [6.45, 7) is 2.43. The molecule has 5 rings (SSSR count). The number of benzene rings is 1. The molecule has 0 aromatic heterocycles. The number of allylic oxidation sites excluding steroid dienone is 2. The van der Waals surface area contributed by atoms with Crippen molar-refractivity contribution < 1.29 is 28.9 Å². The maximum Gasteiger partial charge on any atom is 0.355 e. The second-order valence-corrected chi connectivity index (χ2v) is 8.62. The van der Waals surface area contributed by atoms with Gasteiger partial charge in [0.2, 0.25) is 0 Å². The Balaban J connectivity index is 1.22. The molecule has 2 saturated heterocycles. The molecule has 32 heavy (non-hydrogen) atoms. The Hall–Kier alpha value is -3.20. The van der Waals surface area contributed by atoms with Crippen LogP contribution in [-0.2, 0) is 30.7 Å². The number of urea groups is 1. The van der Waals surface area contributed by atoms with Crippen LogP contribution in [0.25, 0.3) is 0 Å². The number of carbonyl (C=O) groups excluding carboxylic acids is 4. The third kappa shape index (κ3) is 3.28. The molecule has 4 aliphatic rings. The van der Waals surface area contributed by atoms with Gasteiger partial charge in [0.15, 0.2) is 0 Å². The average molecular weight is 439 g/mol. The van der Waals surface area contributed by atoms with E-state index >= 15 is 0 Å². The number of likely N-dealkylation sites (N-methyl/N-ethyl adjacent to an activating group) is 1. The molecular formula is C23H25N3O6. The Morgan fingerprint density at radius 1 is 1.03 bits per heavy atom. The minimum absolute atomic E-state index is 0.0314. The summed E-state index contributed by atoms with van der Waals surface area (Å²) in [4.78, 5) is 63.6. The molecule has 2 bridgehead atoms. The Kier molecular flexibility index (Phi) is 5.21. The van der Waals surface area contributed by atoms with Gasteiger partial charge in [-0.1, -0.05) is 42.5 Å². The van der Waals surface area contributed by atoms with Crippen LogP contribution in [0.2, 0.25) is 0 Å². The van der Waals surface area contributed by atoms with Crippen LogP contribution in [0.1, 0.15) is 25.3 Å². The van der Waals surface area contributed by atoms with Crippen LogP contribution in [0.3, 0.4) is 0 Å². The lowest BCUT2D eigenvalue weighted by Gasteiger charge is -2.38. The SMILES string of the molecule is CCN1C(=O)N(OCc2ccccc2)CC[C@H]1C(=O)ON1C(=O)C2C(C1=O)[C@H]1C=C[C@@H]2C1. The zero-order chi connectivity index (χ0) is 22.4. The summed E-state index contributed by atoms with van der Waals surface area (Å²) in [7, 11) is 0. The second kappa shape index (κ2) is 8.05. The predicted molar refractivity (Wildman–Crippen MR) is 110 cm³/mol. The van der Waals surface area contributed by atoms with E-state index in [0.29, 0.717) is 5.06 Å². The predicted octanol–water partition coefficient (Wildman–Crippen LogP) is 1.90. The zero-order valence-electron chi connectivity index (χ0n) is 17.8. The Morgan fingerprint density at radius 2 is 1.69 bits per heavy atom. The molecule has 1 saturated carbocycles. The van der Waals surface area contributed by atoms with Crippen molar-refractivity contribution in [2.24, 2.45) is 23.7 Å². The van der Waals surface area contributed by atoms with Crippen LogP contribution in [-0.4, -0.2) is 58.0 Å². The van der Waals surface area contributed by atoms with E-state index in [9.17, 15) is 19.2 Å². The molecule has 2 heterocycles. The lowest BCUT2D eigenvalue weighted by atomic mass is 9.85. The summed E-state index contributed by atoms with van der Waals surface area (Å²) in [5.74, 6) is -2.51. The number of imide groups is 1. The van der Waals surface area contributed by atoms with Gasteiger partial charge >= 0.3 is 12.0 Å². The number of fused-ring (bicyclic) bond motifs is 5. The van der Waals surface area contributed by atoms with Gasteiger partial charge in [0, 0.05) is 6.54 Å². The number of carbonyl (C=O) groups is 4. The van der Waals surface area contributed by atoms with Crippen molar-refractivity contribution in [1.29, 1.82) is 0 Å². The first-order valence-corrected chi connectivity index (χ1v) is 11.0. The van der Waals surface area contributed by atoms with Crippen molar-refractivity contribution >= 4 is 23.8 Å². The smallest absolute Gasteiger partial charge is 0.328 e. The molecule has 5 atom stereocenters. The Morgan fingerprint density at radius 3 is 2.31 bits per heavy atom. The van der Waals surface area contributed by atoms with Gasteiger partial charge < -0.3 is 9.74 Å². The largest absolute Gasteiger partial charge is 0.355 e. The van der Waals surface area contributed by atoms with Gasteiger partial charge in [-0.25, -0.2) is 14.7 Å². The number of rotatable bonds is 6. The molecule has 2 aliphatic heterocycles. The fourth-order valence-electron chi connectivity index (χ4n) is 5.33. The highest BCUT2D eigenvalue weighted by Gasteiger charge is 2.61. The van der Waals surface area contributed by atoms with Crippen molar-refractivity contribution in [1.82, 2.24) is 15.0 Å². The molecule has 2 aliphatic carbocycles. The minimum Gasteiger partial charge on any atom is -0.328 e. The number of hydrogen-bond acceptors (Lipinski definition) is 6. The van der Waals surface area contributed by atoms with Crippen LogP contribution in [0, 0.1) is 23.7 Å². The molecule has 2 unspecified atom stereocenters. The first-order chi connectivity index (χ1) is 15.5. The zero-order valence-corrected chi connectivity index (χ0v) is 17.8. The van der Waals surface area contributed by atoms with E-state index in [-0.39, 0.29) is 38.0 Å². The maximum atomic E-state index is 12.9. The van der Waals surface area contributed by atoms with Crippen molar-refractivity contribution in [2.45, 2.75) is 32.4 Å². The number of hydroxylamine groups is 4. The second-order valence-electron chi connectivity index (χ2n) is 8.62. The van der Waals surface area contributed by atoms with Crippen molar-refractivity contribution in [3.8, 4) is 0 Å². The highest BCUT2D eigenvalue weighted by Crippen LogP contribution is 2.52. The van der Waals surface area contributed by atoms with E-state index in [1.807, 2.05) is 42.5 Å². The molecule has 3 fully saturated rings. The topological polar surface area (TPSA) is 96.5 Å². The standard InChI is InChI=1S/C23H25N3O6/c1-2-24-17(10-11-25(23(24)30)31-13-14-6-4-3-5-7-14)22(29)32-26-20(27)18-15-8-9-16(12-15)19(18)21(26)28/h3-9,15-19H,2,10-13H2,1H3/t15-,16+,17-,18?,19?/m0/s1. The molecule has 1 aromatic rings. The quantitative estimate of drug-likeness (QED) is 0.496. The summed E-state index contributed by atoms with van der Waals surface area (Å²) in [6, 6.07) is 8.13. The summed E-state index contributed by atoms with van der Waals surface area (Å²) in [5.41, 5.74) is 0.921. The number of nitrogens with zero attached hydrogens (tertiary/aromatic N) is 3. The average Bonchev–Trinajstić information content (AvgIpc) is 3.49. The van der Waals surface area contributed by atoms with Gasteiger partial charge in [0.05, 0.1) is 18.4 Å². The van der Waals surface area contributed by atoms with E-state index in [2.05, 4.69) is 0 Å². The van der Waals surface area contributed by atoms with Gasteiger partial charge in [-0.05, 0) is 37.2 Å². The molecule has 9 nitrogen and oxygen atoms in total. The summed E-state index contributed by atoms with van der Waals surface area (Å²) in [5, 5.41) is 1.88. The molecule has 0 N–H and O–H groups in total. The van der Waals surface area contributed by atoms with E-state index in [0.717, 1.165) is 12.0 Å². The third-order valence-electron chi connectivity index (χ3n) is 6.89. The van der Waals surface area contributed by atoms with E-state index in [1.165, 1.54) is 9.96 Å². The first-order valence-electron chi connectivity index (χ1n) is 11.0. The molecule has 0 radical (unpaired) electrons. The monoisotopic (exact) mass is 439 g/mol. The summed E-state index contributed by atoms with van der Waals surface area (Å²) in [6.07, 6.45) is 5.02. The van der Waals surface area contributed by atoms with Gasteiger partial charge in [-0.15, -0.1) is 5.06 Å². The van der Waals surface area contributed by atoms with Crippen molar-refractivity contribution in [3.63, 3.8) is 0 Å². The first kappa shape index (κ1) is 20.7. The van der Waals surface area contributed by atoms with Gasteiger partial charge in [0.1, 0.15) is 12.6 Å². The van der Waals surface area contributed by atoms with Crippen molar-refractivity contribution in [3.05, 3.63) is 48.0 Å². The lowest BCUT2D eigenvalue weighted by Crippen LogP contribution is -2.57. The molecular weight excluding hydrogens is 414 g/mol. The Labute approximate surface area is 185 Å². The summed E-state index contributed by atoms with van der Waals surface area (Å²) >= 11 is 0. The minimum atomic E-state index is -0.889. The highest BCUT2D eigenvalue weighted by atomic mass is 16.7. The fraction of sp³-hybridized carbons (Fsp3) is 0.478. The lowest BCUT2D eigenvalue weighted by molar-refractivity contribution is -0.206. The van der Waals surface area contributed by atoms with Crippen LogP contribution >= 0.6 is 0 Å².